The van der Waals surface area contributed by atoms with Crippen molar-refractivity contribution >= 4 is 11.9 Å². The molecule has 0 fully saturated rings. The number of benzene rings is 2. The van der Waals surface area contributed by atoms with Crippen LogP contribution in [0.1, 0.15) is 27.0 Å². The van der Waals surface area contributed by atoms with E-state index in [-0.39, 0.29) is 19.1 Å². The number of hydrogen-bond acceptors (Lipinski definition) is 4. The summed E-state index contributed by atoms with van der Waals surface area (Å²) >= 11 is 0. The zero-order chi connectivity index (χ0) is 16.7. The van der Waals surface area contributed by atoms with Gasteiger partial charge in [0, 0.05) is 5.56 Å². The average Bonchev–Trinajstić information content (AvgIpc) is 2.59. The van der Waals surface area contributed by atoms with Crippen molar-refractivity contribution in [2.24, 2.45) is 0 Å². The van der Waals surface area contributed by atoms with Gasteiger partial charge in [0.1, 0.15) is 13.2 Å². The topological polar surface area (TPSA) is 79.2 Å². The van der Waals surface area contributed by atoms with Gasteiger partial charge in [-0.2, -0.15) is 5.26 Å². The fourth-order valence-electron chi connectivity index (χ4n) is 1.85. The summed E-state index contributed by atoms with van der Waals surface area (Å²) in [7, 11) is 0. The molecule has 2 aromatic carbocycles. The molecule has 2 rings (SSSR count). The molecule has 2 aromatic rings. The minimum atomic E-state index is -0.519. The third-order valence-electron chi connectivity index (χ3n) is 3.19. The predicted octanol–water partition coefficient (Wildman–Crippen LogP) is 2.34. The molecule has 1 amide bonds. The normalized spacial score (nSPS) is 9.74. The Balaban J connectivity index is 1.77. The highest BCUT2D eigenvalue weighted by atomic mass is 16.5. The SMILES string of the molecule is Cc1ccc(C(=O)NCC(=O)OCc2ccc(C#N)cc2)cc1. The summed E-state index contributed by atoms with van der Waals surface area (Å²) in [5, 5.41) is 11.2. The zero-order valence-corrected chi connectivity index (χ0v) is 12.7. The van der Waals surface area contributed by atoms with E-state index in [1.54, 1.807) is 36.4 Å². The Morgan fingerprint density at radius 1 is 1.09 bits per heavy atom. The number of nitrogens with one attached hydrogen (secondary N) is 1. The van der Waals surface area contributed by atoms with E-state index in [2.05, 4.69) is 5.32 Å². The van der Waals surface area contributed by atoms with Gasteiger partial charge in [0.05, 0.1) is 11.6 Å². The highest BCUT2D eigenvalue weighted by Gasteiger charge is 2.08. The van der Waals surface area contributed by atoms with Gasteiger partial charge in [0.2, 0.25) is 0 Å². The van der Waals surface area contributed by atoms with Crippen molar-refractivity contribution in [1.82, 2.24) is 5.32 Å². The maximum atomic E-state index is 11.9. The Morgan fingerprint density at radius 3 is 2.35 bits per heavy atom. The van der Waals surface area contributed by atoms with Crippen molar-refractivity contribution < 1.29 is 14.3 Å². The van der Waals surface area contributed by atoms with Gasteiger partial charge in [-0.25, -0.2) is 0 Å². The smallest absolute Gasteiger partial charge is 0.325 e. The fourth-order valence-corrected chi connectivity index (χ4v) is 1.85. The molecule has 0 aliphatic carbocycles. The van der Waals surface area contributed by atoms with Crippen molar-refractivity contribution in [3.8, 4) is 6.07 Å². The van der Waals surface area contributed by atoms with Crippen LogP contribution < -0.4 is 5.32 Å². The molecular weight excluding hydrogens is 292 g/mol. The second-order valence-electron chi connectivity index (χ2n) is 5.02. The number of hydrogen-bond donors (Lipinski definition) is 1. The molecule has 0 bridgehead atoms. The Bertz CT molecular complexity index is 728. The van der Waals surface area contributed by atoms with Crippen LogP contribution in [-0.4, -0.2) is 18.4 Å². The molecule has 116 valence electrons. The minimum Gasteiger partial charge on any atom is -0.460 e. The van der Waals surface area contributed by atoms with Gasteiger partial charge >= 0.3 is 5.97 Å². The number of amides is 1. The van der Waals surface area contributed by atoms with Gasteiger partial charge in [0.25, 0.3) is 5.91 Å². The third kappa shape index (κ3) is 4.97. The molecule has 5 nitrogen and oxygen atoms in total. The van der Waals surface area contributed by atoms with E-state index >= 15 is 0 Å². The molecule has 0 radical (unpaired) electrons. The molecule has 0 unspecified atom stereocenters. The van der Waals surface area contributed by atoms with E-state index in [9.17, 15) is 9.59 Å². The average molecular weight is 308 g/mol. The van der Waals surface area contributed by atoms with E-state index in [1.165, 1.54) is 0 Å². The van der Waals surface area contributed by atoms with Gasteiger partial charge in [-0.1, -0.05) is 29.8 Å². The number of aryl methyl sites for hydroxylation is 1. The molecule has 5 heteroatoms. The molecule has 0 aliphatic heterocycles. The second kappa shape index (κ2) is 7.76. The van der Waals surface area contributed by atoms with Crippen LogP contribution in [0.15, 0.2) is 48.5 Å². The van der Waals surface area contributed by atoms with Gasteiger partial charge in [-0.3, -0.25) is 9.59 Å². The third-order valence-corrected chi connectivity index (χ3v) is 3.19. The lowest BCUT2D eigenvalue weighted by molar-refractivity contribution is -0.143. The molecule has 0 heterocycles. The first-order chi connectivity index (χ1) is 11.1. The van der Waals surface area contributed by atoms with Gasteiger partial charge in [0.15, 0.2) is 0 Å². The van der Waals surface area contributed by atoms with E-state index in [0.29, 0.717) is 11.1 Å². The van der Waals surface area contributed by atoms with E-state index in [4.69, 9.17) is 10.00 Å². The molecule has 0 aromatic heterocycles. The molecule has 0 aliphatic rings. The first-order valence-electron chi connectivity index (χ1n) is 7.08. The lowest BCUT2D eigenvalue weighted by atomic mass is 10.1. The minimum absolute atomic E-state index is 0.102. The Labute approximate surface area is 134 Å². The monoisotopic (exact) mass is 308 g/mol. The highest BCUT2D eigenvalue weighted by Crippen LogP contribution is 2.05. The maximum absolute atomic E-state index is 11.9. The molecule has 0 saturated carbocycles. The Kier molecular flexibility index (Phi) is 5.48. The first kappa shape index (κ1) is 16.2. The van der Waals surface area contributed by atoms with Crippen molar-refractivity contribution in [1.29, 1.82) is 5.26 Å². The summed E-state index contributed by atoms with van der Waals surface area (Å²) in [6, 6.07) is 15.8. The summed E-state index contributed by atoms with van der Waals surface area (Å²) in [6.07, 6.45) is 0. The molecular formula is C18H16N2O3. The van der Waals surface area contributed by atoms with Crippen molar-refractivity contribution in [3.05, 3.63) is 70.8 Å². The summed E-state index contributed by atoms with van der Waals surface area (Å²) in [4.78, 5) is 23.5. The van der Waals surface area contributed by atoms with Gasteiger partial charge in [-0.15, -0.1) is 0 Å². The Hall–Kier alpha value is -3.13. The molecule has 1 N–H and O–H groups in total. The van der Waals surface area contributed by atoms with Crippen molar-refractivity contribution in [2.45, 2.75) is 13.5 Å². The number of esters is 1. The highest BCUT2D eigenvalue weighted by molar-refractivity contribution is 5.95. The van der Waals surface area contributed by atoms with E-state index < -0.39 is 5.97 Å². The Morgan fingerprint density at radius 2 is 1.74 bits per heavy atom. The number of nitriles is 1. The van der Waals surface area contributed by atoms with Crippen LogP contribution >= 0.6 is 0 Å². The number of carbonyl (C=O) groups excluding carboxylic acids is 2. The van der Waals surface area contributed by atoms with Crippen LogP contribution in [0.3, 0.4) is 0 Å². The van der Waals surface area contributed by atoms with Crippen LogP contribution in [-0.2, 0) is 16.1 Å². The zero-order valence-electron chi connectivity index (χ0n) is 12.7. The quantitative estimate of drug-likeness (QED) is 0.860. The number of carbonyl (C=O) groups is 2. The van der Waals surface area contributed by atoms with Gasteiger partial charge in [-0.05, 0) is 36.8 Å². The maximum Gasteiger partial charge on any atom is 0.325 e. The molecule has 0 saturated heterocycles. The molecule has 0 atom stereocenters. The van der Waals surface area contributed by atoms with Gasteiger partial charge < -0.3 is 10.1 Å². The summed E-state index contributed by atoms with van der Waals surface area (Å²) in [5.74, 6) is -0.838. The number of rotatable bonds is 5. The van der Waals surface area contributed by atoms with Crippen LogP contribution in [0.25, 0.3) is 0 Å². The van der Waals surface area contributed by atoms with Crippen LogP contribution in [0, 0.1) is 18.3 Å². The van der Waals surface area contributed by atoms with Crippen LogP contribution in [0.5, 0.6) is 0 Å². The fraction of sp³-hybridized carbons (Fsp3) is 0.167. The summed E-state index contributed by atoms with van der Waals surface area (Å²) < 4.78 is 5.07. The number of ether oxygens (including phenoxy) is 1. The molecule has 23 heavy (non-hydrogen) atoms. The standard InChI is InChI=1S/C18H16N2O3/c1-13-2-8-16(9-3-13)18(22)20-11-17(21)23-12-15-6-4-14(10-19)5-7-15/h2-9H,11-12H2,1H3,(H,20,22). The molecule has 0 spiro atoms. The largest absolute Gasteiger partial charge is 0.460 e. The summed E-state index contributed by atoms with van der Waals surface area (Å²) in [5.41, 5.74) is 2.88. The van der Waals surface area contributed by atoms with Crippen LogP contribution in [0.2, 0.25) is 0 Å². The van der Waals surface area contributed by atoms with E-state index in [1.807, 2.05) is 25.1 Å². The lowest BCUT2D eigenvalue weighted by Gasteiger charge is -2.07. The van der Waals surface area contributed by atoms with Crippen molar-refractivity contribution in [2.75, 3.05) is 6.54 Å². The van der Waals surface area contributed by atoms with Crippen molar-refractivity contribution in [3.63, 3.8) is 0 Å². The lowest BCUT2D eigenvalue weighted by Crippen LogP contribution is -2.30. The summed E-state index contributed by atoms with van der Waals surface area (Å²) in [6.45, 7) is 1.84. The predicted molar refractivity (Wildman–Crippen MR) is 84.5 cm³/mol. The van der Waals surface area contributed by atoms with Crippen LogP contribution in [0.4, 0.5) is 0 Å². The first-order valence-corrected chi connectivity index (χ1v) is 7.08. The second-order valence-corrected chi connectivity index (χ2v) is 5.02. The number of nitrogens with zero attached hydrogens (tertiary/aromatic N) is 1. The van der Waals surface area contributed by atoms with E-state index in [0.717, 1.165) is 11.1 Å².